The summed E-state index contributed by atoms with van der Waals surface area (Å²) in [6.45, 7) is 3.20. The number of carbonyl (C=O) groups is 2. The third-order valence-corrected chi connectivity index (χ3v) is 7.32. The van der Waals surface area contributed by atoms with Crippen LogP contribution in [0.4, 0.5) is 0 Å². The first-order chi connectivity index (χ1) is 17.6. The van der Waals surface area contributed by atoms with E-state index < -0.39 is 6.04 Å². The first-order valence-corrected chi connectivity index (χ1v) is 12.9. The molecule has 2 amide bonds. The van der Waals surface area contributed by atoms with Gasteiger partial charge in [0.05, 0.1) is 31.5 Å². The lowest BCUT2D eigenvalue weighted by Crippen LogP contribution is -2.61. The van der Waals surface area contributed by atoms with Gasteiger partial charge in [0, 0.05) is 39.1 Å². The monoisotopic (exact) mass is 493 g/mol. The highest BCUT2D eigenvalue weighted by molar-refractivity contribution is 6.00. The zero-order valence-electron chi connectivity index (χ0n) is 20.9. The minimum absolute atomic E-state index is 0.0106. The number of methoxy groups -OCH3 is 1. The molecule has 2 bridgehead atoms. The predicted molar refractivity (Wildman–Crippen MR) is 135 cm³/mol. The Labute approximate surface area is 212 Å². The molecule has 1 N–H and O–H groups in total. The van der Waals surface area contributed by atoms with Gasteiger partial charge < -0.3 is 24.4 Å². The summed E-state index contributed by atoms with van der Waals surface area (Å²) in [6, 6.07) is 14.7. The van der Waals surface area contributed by atoms with Gasteiger partial charge in [-0.05, 0) is 49.1 Å². The Morgan fingerprint density at radius 1 is 1.03 bits per heavy atom. The second kappa shape index (κ2) is 11.3. The van der Waals surface area contributed by atoms with E-state index >= 15 is 0 Å². The average Bonchev–Trinajstić information content (AvgIpc) is 2.91. The molecule has 0 radical (unpaired) electrons. The molecular formula is C28H35N3O5. The van der Waals surface area contributed by atoms with Crippen molar-refractivity contribution < 1.29 is 23.8 Å². The fourth-order valence-corrected chi connectivity index (χ4v) is 5.38. The molecule has 5 rings (SSSR count). The van der Waals surface area contributed by atoms with Crippen molar-refractivity contribution in [1.29, 1.82) is 0 Å². The van der Waals surface area contributed by atoms with E-state index in [1.807, 2.05) is 36.4 Å². The van der Waals surface area contributed by atoms with E-state index in [1.54, 1.807) is 18.1 Å². The van der Waals surface area contributed by atoms with Crippen molar-refractivity contribution >= 4 is 11.8 Å². The lowest BCUT2D eigenvalue weighted by atomic mass is 10.0. The Morgan fingerprint density at radius 2 is 1.89 bits per heavy atom. The van der Waals surface area contributed by atoms with Crippen LogP contribution in [0.15, 0.2) is 48.5 Å². The molecule has 3 heterocycles. The fourth-order valence-electron chi connectivity index (χ4n) is 5.38. The van der Waals surface area contributed by atoms with Gasteiger partial charge in [-0.3, -0.25) is 14.5 Å². The molecule has 3 atom stereocenters. The highest BCUT2D eigenvalue weighted by atomic mass is 16.5. The standard InChI is InChI=1S/C28H35N3O5/c1-34-22-8-4-6-20(16-22)18-30-13-14-31-25(19-30)27(32)29-17-23-9-5-7-21(36-23)12-15-35-26-11-3-2-10-24(26)28(31)33/h2-4,6,8,10-11,16,21,23,25H,5,7,9,12-15,17-19H2,1H3,(H,29,32)/t21-,23-,25-/m0/s1. The Balaban J connectivity index is 1.39. The molecule has 2 aromatic rings. The van der Waals surface area contributed by atoms with E-state index in [2.05, 4.69) is 16.3 Å². The highest BCUT2D eigenvalue weighted by Gasteiger charge is 2.37. The number of nitrogens with one attached hydrogen (secondary N) is 1. The number of carbonyl (C=O) groups excluding carboxylic acids is 2. The summed E-state index contributed by atoms with van der Waals surface area (Å²) >= 11 is 0. The minimum atomic E-state index is -0.604. The zero-order chi connectivity index (χ0) is 24.9. The summed E-state index contributed by atoms with van der Waals surface area (Å²) in [5.41, 5.74) is 1.60. The second-order valence-corrected chi connectivity index (χ2v) is 9.79. The molecule has 0 aliphatic carbocycles. The predicted octanol–water partition coefficient (Wildman–Crippen LogP) is 2.86. The first kappa shape index (κ1) is 24.6. The van der Waals surface area contributed by atoms with Crippen LogP contribution in [-0.2, 0) is 16.1 Å². The van der Waals surface area contributed by atoms with E-state index in [0.717, 1.165) is 37.0 Å². The summed E-state index contributed by atoms with van der Waals surface area (Å²) in [4.78, 5) is 31.2. The molecule has 2 fully saturated rings. The van der Waals surface area contributed by atoms with Crippen LogP contribution in [0.1, 0.15) is 41.6 Å². The van der Waals surface area contributed by atoms with Crippen LogP contribution in [0.25, 0.3) is 0 Å². The Kier molecular flexibility index (Phi) is 7.72. The van der Waals surface area contributed by atoms with Crippen LogP contribution in [-0.4, -0.2) is 79.8 Å². The SMILES string of the molecule is COc1cccc(CN2CCN3C(=O)c4ccccc4OCC[C@@H]4CCC[C@@H](CNC(=O)[C@@H]3C2)O4)c1. The number of rotatable bonds is 3. The summed E-state index contributed by atoms with van der Waals surface area (Å²) in [5, 5.41) is 3.10. The first-order valence-electron chi connectivity index (χ1n) is 12.9. The number of nitrogens with zero attached hydrogens (tertiary/aromatic N) is 2. The molecule has 0 spiro atoms. The quantitative estimate of drug-likeness (QED) is 0.709. The molecule has 3 aliphatic heterocycles. The van der Waals surface area contributed by atoms with Crippen molar-refractivity contribution in [3.8, 4) is 11.5 Å². The highest BCUT2D eigenvalue weighted by Crippen LogP contribution is 2.26. The Morgan fingerprint density at radius 3 is 2.78 bits per heavy atom. The third kappa shape index (κ3) is 5.65. The van der Waals surface area contributed by atoms with Crippen molar-refractivity contribution in [3.63, 3.8) is 0 Å². The number of ether oxygens (including phenoxy) is 3. The lowest BCUT2D eigenvalue weighted by molar-refractivity contribution is -0.129. The lowest BCUT2D eigenvalue weighted by Gasteiger charge is -2.41. The van der Waals surface area contributed by atoms with Crippen LogP contribution in [0, 0.1) is 0 Å². The molecule has 192 valence electrons. The molecule has 0 aromatic heterocycles. The largest absolute Gasteiger partial charge is 0.497 e. The number of para-hydroxylation sites is 1. The van der Waals surface area contributed by atoms with Crippen LogP contribution >= 0.6 is 0 Å². The molecule has 3 aliphatic rings. The number of benzene rings is 2. The van der Waals surface area contributed by atoms with E-state index in [1.165, 1.54) is 0 Å². The molecule has 2 saturated heterocycles. The van der Waals surface area contributed by atoms with Gasteiger partial charge in [0.15, 0.2) is 0 Å². The summed E-state index contributed by atoms with van der Waals surface area (Å²) < 4.78 is 17.7. The van der Waals surface area contributed by atoms with Gasteiger partial charge in [-0.15, -0.1) is 0 Å². The van der Waals surface area contributed by atoms with Crippen LogP contribution < -0.4 is 14.8 Å². The number of fused-ring (bicyclic) bond motifs is 4. The van der Waals surface area contributed by atoms with Gasteiger partial charge in [-0.1, -0.05) is 24.3 Å². The number of amides is 2. The van der Waals surface area contributed by atoms with Gasteiger partial charge in [-0.2, -0.15) is 0 Å². The number of hydrogen-bond donors (Lipinski definition) is 1. The fraction of sp³-hybridized carbons (Fsp3) is 0.500. The van der Waals surface area contributed by atoms with Crippen LogP contribution in [0.3, 0.4) is 0 Å². The topological polar surface area (TPSA) is 80.3 Å². The summed E-state index contributed by atoms with van der Waals surface area (Å²) in [5.74, 6) is 1.06. The van der Waals surface area contributed by atoms with Gasteiger partial charge >= 0.3 is 0 Å². The number of hydrogen-bond acceptors (Lipinski definition) is 6. The van der Waals surface area contributed by atoms with Gasteiger partial charge in [-0.25, -0.2) is 0 Å². The summed E-state index contributed by atoms with van der Waals surface area (Å²) in [7, 11) is 1.66. The van der Waals surface area contributed by atoms with E-state index in [4.69, 9.17) is 14.2 Å². The second-order valence-electron chi connectivity index (χ2n) is 9.79. The molecular weight excluding hydrogens is 458 g/mol. The van der Waals surface area contributed by atoms with Crippen molar-refractivity contribution in [2.75, 3.05) is 39.9 Å². The average molecular weight is 494 g/mol. The van der Waals surface area contributed by atoms with E-state index in [-0.39, 0.29) is 24.0 Å². The van der Waals surface area contributed by atoms with Crippen molar-refractivity contribution in [3.05, 3.63) is 59.7 Å². The Hall–Kier alpha value is -3.10. The van der Waals surface area contributed by atoms with Gasteiger partial charge in [0.1, 0.15) is 17.5 Å². The number of piperazine rings is 1. The smallest absolute Gasteiger partial charge is 0.258 e. The van der Waals surface area contributed by atoms with Crippen molar-refractivity contribution in [2.45, 2.75) is 50.5 Å². The van der Waals surface area contributed by atoms with Crippen LogP contribution in [0.5, 0.6) is 11.5 Å². The molecule has 0 saturated carbocycles. The molecule has 36 heavy (non-hydrogen) atoms. The summed E-state index contributed by atoms with van der Waals surface area (Å²) in [6.07, 6.45) is 3.85. The van der Waals surface area contributed by atoms with Gasteiger partial charge in [0.2, 0.25) is 5.91 Å². The van der Waals surface area contributed by atoms with Crippen molar-refractivity contribution in [2.24, 2.45) is 0 Å². The molecule has 8 nitrogen and oxygen atoms in total. The minimum Gasteiger partial charge on any atom is -0.497 e. The van der Waals surface area contributed by atoms with E-state index in [0.29, 0.717) is 50.6 Å². The zero-order valence-corrected chi connectivity index (χ0v) is 20.9. The maximum atomic E-state index is 13.7. The maximum absolute atomic E-state index is 13.7. The normalized spacial score (nSPS) is 25.6. The molecule has 8 heteroatoms. The van der Waals surface area contributed by atoms with Crippen molar-refractivity contribution in [1.82, 2.24) is 15.1 Å². The molecule has 0 unspecified atom stereocenters. The third-order valence-electron chi connectivity index (χ3n) is 7.32. The molecule has 2 aromatic carbocycles. The maximum Gasteiger partial charge on any atom is 0.258 e. The van der Waals surface area contributed by atoms with E-state index in [9.17, 15) is 9.59 Å². The van der Waals surface area contributed by atoms with Crippen LogP contribution in [0.2, 0.25) is 0 Å². The Bertz CT molecular complexity index is 1080. The van der Waals surface area contributed by atoms with Gasteiger partial charge in [0.25, 0.3) is 5.91 Å².